The van der Waals surface area contributed by atoms with E-state index in [9.17, 15) is 27.6 Å². The molecular formula is C26H29F3N4O5. The van der Waals surface area contributed by atoms with Crippen molar-refractivity contribution >= 4 is 11.7 Å². The number of Topliss-reactive ketones (excluding diaryl/α,β-unsaturated/α-hetero) is 1. The van der Waals surface area contributed by atoms with Crippen LogP contribution in [0.15, 0.2) is 41.5 Å². The average Bonchev–Trinajstić information content (AvgIpc) is 3.55. The summed E-state index contributed by atoms with van der Waals surface area (Å²) in [5, 5.41) is 0. The number of amides is 1. The number of alkyl halides is 3. The van der Waals surface area contributed by atoms with Crippen molar-refractivity contribution < 1.29 is 32.2 Å². The molecule has 0 N–H and O–H groups in total. The Bertz CT molecular complexity index is 1230. The molecule has 0 spiro atoms. The normalized spacial score (nSPS) is 24.1. The second kappa shape index (κ2) is 11.0. The number of likely N-dealkylation sites (tertiary alicyclic amines) is 1. The van der Waals surface area contributed by atoms with Crippen LogP contribution in [-0.2, 0) is 33.6 Å². The number of fused-ring (bicyclic) bond motifs is 1. The largest absolute Gasteiger partial charge is 0.416 e. The van der Waals surface area contributed by atoms with Crippen LogP contribution in [0.3, 0.4) is 0 Å². The van der Waals surface area contributed by atoms with Crippen LogP contribution in [0.25, 0.3) is 0 Å². The van der Waals surface area contributed by atoms with Gasteiger partial charge in [0, 0.05) is 69.6 Å². The van der Waals surface area contributed by atoms with Gasteiger partial charge < -0.3 is 18.9 Å². The first-order valence-corrected chi connectivity index (χ1v) is 12.6. The van der Waals surface area contributed by atoms with Crippen LogP contribution in [0.1, 0.15) is 34.5 Å². The lowest BCUT2D eigenvalue weighted by atomic mass is 9.98. The Balaban J connectivity index is 1.25. The molecule has 0 saturated carbocycles. The van der Waals surface area contributed by atoms with Crippen LogP contribution in [0.5, 0.6) is 0 Å². The molecule has 5 rings (SSSR count). The van der Waals surface area contributed by atoms with Gasteiger partial charge in [0.25, 0.3) is 11.5 Å². The Morgan fingerprint density at radius 3 is 2.74 bits per heavy atom. The maximum Gasteiger partial charge on any atom is 0.416 e. The summed E-state index contributed by atoms with van der Waals surface area (Å²) in [6, 6.07) is 5.18. The summed E-state index contributed by atoms with van der Waals surface area (Å²) >= 11 is 0. The van der Waals surface area contributed by atoms with E-state index < -0.39 is 23.2 Å². The second-order valence-electron chi connectivity index (χ2n) is 10.0. The smallest absolute Gasteiger partial charge is 0.380 e. The highest BCUT2D eigenvalue weighted by Gasteiger charge is 2.40. The number of carbonyl (C=O) groups is 2. The van der Waals surface area contributed by atoms with Crippen molar-refractivity contribution in [3.05, 3.63) is 63.8 Å². The van der Waals surface area contributed by atoms with E-state index >= 15 is 0 Å². The molecule has 3 aliphatic rings. The van der Waals surface area contributed by atoms with Gasteiger partial charge in [-0.25, -0.2) is 0 Å². The number of ether oxygens (including phenoxy) is 2. The van der Waals surface area contributed by atoms with E-state index in [1.807, 2.05) is 12.1 Å². The molecule has 2 fully saturated rings. The standard InChI is InChI=1S/C26H29F3N4O5/c27-26(28,29)19-9-22-25(36)31(5-6-33(22)24(35)10-19)13-21(34)8-18-12-32(20-3-7-37-16-20)14-23(18)38-15-17-2-1-4-30-11-17/h1-2,4,9-11,18,20,23H,3,5-8,12-16H2/t18?,20?,23-/m0/s1. The number of nitrogens with zero attached hydrogens (tertiary/aromatic N) is 4. The Labute approximate surface area is 217 Å². The van der Waals surface area contributed by atoms with E-state index in [1.165, 1.54) is 4.90 Å². The summed E-state index contributed by atoms with van der Waals surface area (Å²) in [7, 11) is 0. The number of hydrogen-bond acceptors (Lipinski definition) is 7. The lowest BCUT2D eigenvalue weighted by Gasteiger charge is -2.30. The van der Waals surface area contributed by atoms with Crippen molar-refractivity contribution in [2.24, 2.45) is 5.92 Å². The third kappa shape index (κ3) is 5.82. The summed E-state index contributed by atoms with van der Waals surface area (Å²) in [5.74, 6) is -1.06. The highest BCUT2D eigenvalue weighted by atomic mass is 19.4. The van der Waals surface area contributed by atoms with Gasteiger partial charge in [0.05, 0.1) is 31.4 Å². The van der Waals surface area contributed by atoms with Crippen LogP contribution < -0.4 is 5.56 Å². The van der Waals surface area contributed by atoms with Crippen LogP contribution >= 0.6 is 0 Å². The Morgan fingerprint density at radius 1 is 1.18 bits per heavy atom. The summed E-state index contributed by atoms with van der Waals surface area (Å²) in [6.07, 6.45) is -0.463. The summed E-state index contributed by atoms with van der Waals surface area (Å²) < 4.78 is 52.4. The van der Waals surface area contributed by atoms with Crippen molar-refractivity contribution in [1.29, 1.82) is 0 Å². The zero-order valence-electron chi connectivity index (χ0n) is 20.7. The minimum Gasteiger partial charge on any atom is -0.380 e. The Hall–Kier alpha value is -3.09. The molecule has 3 atom stereocenters. The zero-order chi connectivity index (χ0) is 26.9. The quantitative estimate of drug-likeness (QED) is 0.511. The molecule has 1 amide bonds. The molecular weight excluding hydrogens is 505 g/mol. The molecule has 38 heavy (non-hydrogen) atoms. The number of carbonyl (C=O) groups excluding carboxylic acids is 2. The monoisotopic (exact) mass is 534 g/mol. The number of hydrogen-bond donors (Lipinski definition) is 0. The van der Waals surface area contributed by atoms with Crippen molar-refractivity contribution in [2.75, 3.05) is 39.4 Å². The lowest BCUT2D eigenvalue weighted by Crippen LogP contribution is -2.47. The van der Waals surface area contributed by atoms with E-state index in [-0.39, 0.29) is 55.6 Å². The maximum absolute atomic E-state index is 13.2. The van der Waals surface area contributed by atoms with E-state index in [0.717, 1.165) is 16.6 Å². The van der Waals surface area contributed by atoms with Gasteiger partial charge in [-0.05, 0) is 24.1 Å². The van der Waals surface area contributed by atoms with Crippen molar-refractivity contribution in [1.82, 2.24) is 19.4 Å². The highest BCUT2D eigenvalue weighted by molar-refractivity contribution is 5.96. The van der Waals surface area contributed by atoms with Gasteiger partial charge in [-0.3, -0.25) is 24.3 Å². The van der Waals surface area contributed by atoms with Gasteiger partial charge in [-0.1, -0.05) is 6.07 Å². The first-order valence-electron chi connectivity index (χ1n) is 12.6. The SMILES string of the molecule is O=C(CC1CN(C2CCOC2)C[C@@H]1OCc1cccnc1)CN1CCn2c(cc(C(F)(F)F)cc2=O)C1=O. The molecule has 12 heteroatoms. The second-order valence-corrected chi connectivity index (χ2v) is 10.0. The molecule has 0 bridgehead atoms. The van der Waals surface area contributed by atoms with Gasteiger partial charge in [0.2, 0.25) is 0 Å². The fourth-order valence-electron chi connectivity index (χ4n) is 5.43. The Kier molecular flexibility index (Phi) is 7.64. The molecule has 0 aliphatic carbocycles. The topological polar surface area (TPSA) is 94.0 Å². The van der Waals surface area contributed by atoms with E-state index in [1.54, 1.807) is 12.4 Å². The van der Waals surface area contributed by atoms with Gasteiger partial charge in [-0.15, -0.1) is 0 Å². The van der Waals surface area contributed by atoms with Gasteiger partial charge >= 0.3 is 6.18 Å². The first-order chi connectivity index (χ1) is 18.2. The zero-order valence-corrected chi connectivity index (χ0v) is 20.7. The molecule has 0 radical (unpaired) electrons. The molecule has 2 unspecified atom stereocenters. The Morgan fingerprint density at radius 2 is 2.03 bits per heavy atom. The van der Waals surface area contributed by atoms with Gasteiger partial charge in [0.1, 0.15) is 5.69 Å². The minimum atomic E-state index is -4.75. The molecule has 204 valence electrons. The maximum atomic E-state index is 13.2. The van der Waals surface area contributed by atoms with Crippen LogP contribution in [-0.4, -0.2) is 82.6 Å². The van der Waals surface area contributed by atoms with E-state index in [4.69, 9.17) is 9.47 Å². The van der Waals surface area contributed by atoms with Gasteiger partial charge in [-0.2, -0.15) is 13.2 Å². The number of rotatable bonds is 8. The molecule has 2 aromatic heterocycles. The summed E-state index contributed by atoms with van der Waals surface area (Å²) in [4.78, 5) is 45.9. The van der Waals surface area contributed by atoms with Crippen molar-refractivity contribution in [3.8, 4) is 0 Å². The third-order valence-corrected chi connectivity index (χ3v) is 7.43. The molecule has 5 heterocycles. The van der Waals surface area contributed by atoms with Crippen LogP contribution in [0.2, 0.25) is 0 Å². The first kappa shape index (κ1) is 26.5. The van der Waals surface area contributed by atoms with Crippen molar-refractivity contribution in [3.63, 3.8) is 0 Å². The van der Waals surface area contributed by atoms with Crippen molar-refractivity contribution in [2.45, 2.75) is 44.3 Å². The van der Waals surface area contributed by atoms with E-state index in [2.05, 4.69) is 9.88 Å². The number of ketones is 1. The van der Waals surface area contributed by atoms with Crippen LogP contribution in [0, 0.1) is 5.92 Å². The predicted molar refractivity (Wildman–Crippen MR) is 128 cm³/mol. The number of aromatic nitrogens is 2. The van der Waals surface area contributed by atoms with Crippen LogP contribution in [0.4, 0.5) is 13.2 Å². The highest BCUT2D eigenvalue weighted by Crippen LogP contribution is 2.30. The molecule has 9 nitrogen and oxygen atoms in total. The predicted octanol–water partition coefficient (Wildman–Crippen LogP) is 1.98. The van der Waals surface area contributed by atoms with Gasteiger partial charge in [0.15, 0.2) is 5.78 Å². The number of halogens is 3. The molecule has 3 aliphatic heterocycles. The molecule has 0 aromatic carbocycles. The minimum absolute atomic E-state index is 0.0288. The summed E-state index contributed by atoms with van der Waals surface area (Å²) in [6.45, 7) is 2.86. The van der Waals surface area contributed by atoms with E-state index in [0.29, 0.717) is 45.0 Å². The molecule has 2 saturated heterocycles. The lowest BCUT2D eigenvalue weighted by molar-refractivity contribution is -0.137. The fourth-order valence-corrected chi connectivity index (χ4v) is 5.43. The average molecular weight is 535 g/mol. The summed E-state index contributed by atoms with van der Waals surface area (Å²) in [5.41, 5.74) is -1.49. The molecule has 2 aromatic rings. The third-order valence-electron chi connectivity index (χ3n) is 7.43. The number of pyridine rings is 2. The fraction of sp³-hybridized carbons (Fsp3) is 0.538.